The van der Waals surface area contributed by atoms with Gasteiger partial charge in [-0.2, -0.15) is 0 Å². The SMILES string of the molecule is CC(C)[C@H](N)C(=O)N1CCCC(N(C)C2CC2)C1. The number of hydrogen-bond acceptors (Lipinski definition) is 3. The topological polar surface area (TPSA) is 49.6 Å². The number of carbonyl (C=O) groups is 1. The molecule has 18 heavy (non-hydrogen) atoms. The second kappa shape index (κ2) is 5.57. The predicted molar refractivity (Wildman–Crippen MR) is 73.2 cm³/mol. The summed E-state index contributed by atoms with van der Waals surface area (Å²) < 4.78 is 0. The molecule has 2 aliphatic rings. The number of piperidine rings is 1. The normalized spacial score (nSPS) is 26.8. The lowest BCUT2D eigenvalue weighted by molar-refractivity contribution is -0.135. The highest BCUT2D eigenvalue weighted by Gasteiger charge is 2.35. The van der Waals surface area contributed by atoms with Crippen LogP contribution < -0.4 is 5.73 Å². The molecule has 0 aromatic rings. The van der Waals surface area contributed by atoms with E-state index in [0.29, 0.717) is 6.04 Å². The maximum Gasteiger partial charge on any atom is 0.239 e. The van der Waals surface area contributed by atoms with Crippen molar-refractivity contribution in [1.82, 2.24) is 9.80 Å². The first-order chi connectivity index (χ1) is 8.50. The van der Waals surface area contributed by atoms with Gasteiger partial charge < -0.3 is 10.6 Å². The minimum absolute atomic E-state index is 0.138. The van der Waals surface area contributed by atoms with Gasteiger partial charge in [0, 0.05) is 25.2 Å². The minimum Gasteiger partial charge on any atom is -0.340 e. The lowest BCUT2D eigenvalue weighted by atomic mass is 10.00. The Labute approximate surface area is 110 Å². The van der Waals surface area contributed by atoms with E-state index in [1.165, 1.54) is 19.3 Å². The van der Waals surface area contributed by atoms with E-state index in [1.54, 1.807) is 0 Å². The fourth-order valence-corrected chi connectivity index (χ4v) is 2.76. The maximum atomic E-state index is 12.3. The summed E-state index contributed by atoms with van der Waals surface area (Å²) in [6.07, 6.45) is 4.98. The third-order valence-corrected chi connectivity index (χ3v) is 4.41. The zero-order valence-electron chi connectivity index (χ0n) is 11.9. The van der Waals surface area contributed by atoms with Crippen molar-refractivity contribution in [3.63, 3.8) is 0 Å². The molecular weight excluding hydrogens is 226 g/mol. The van der Waals surface area contributed by atoms with Crippen LogP contribution in [-0.4, -0.2) is 54.0 Å². The molecule has 1 aliphatic heterocycles. The van der Waals surface area contributed by atoms with E-state index >= 15 is 0 Å². The standard InChI is InChI=1S/C14H27N3O/c1-10(2)13(15)14(18)17-8-4-5-12(9-17)16(3)11-6-7-11/h10-13H,4-9,15H2,1-3H3/t12?,13-/m0/s1. The van der Waals surface area contributed by atoms with Crippen LogP contribution >= 0.6 is 0 Å². The molecule has 4 nitrogen and oxygen atoms in total. The first-order valence-corrected chi connectivity index (χ1v) is 7.27. The molecule has 2 N–H and O–H groups in total. The van der Waals surface area contributed by atoms with Gasteiger partial charge in [-0.05, 0) is 38.6 Å². The molecule has 1 heterocycles. The van der Waals surface area contributed by atoms with Crippen LogP contribution in [-0.2, 0) is 4.79 Å². The Balaban J connectivity index is 1.91. The van der Waals surface area contributed by atoms with E-state index < -0.39 is 0 Å². The molecule has 4 heteroatoms. The van der Waals surface area contributed by atoms with Crippen molar-refractivity contribution < 1.29 is 4.79 Å². The van der Waals surface area contributed by atoms with Gasteiger partial charge in [-0.25, -0.2) is 0 Å². The zero-order chi connectivity index (χ0) is 13.3. The molecule has 1 unspecified atom stereocenters. The van der Waals surface area contributed by atoms with Crippen LogP contribution in [0.25, 0.3) is 0 Å². The van der Waals surface area contributed by atoms with Crippen molar-refractivity contribution in [2.45, 2.75) is 57.7 Å². The van der Waals surface area contributed by atoms with Crippen LogP contribution in [0, 0.1) is 5.92 Å². The second-order valence-corrected chi connectivity index (χ2v) is 6.25. The summed E-state index contributed by atoms with van der Waals surface area (Å²) in [5.74, 6) is 0.359. The highest BCUT2D eigenvalue weighted by molar-refractivity contribution is 5.82. The van der Waals surface area contributed by atoms with Crippen molar-refractivity contribution >= 4 is 5.91 Å². The molecule has 0 radical (unpaired) electrons. The first kappa shape index (κ1) is 13.8. The van der Waals surface area contributed by atoms with Gasteiger partial charge in [0.15, 0.2) is 0 Å². The van der Waals surface area contributed by atoms with Crippen molar-refractivity contribution in [2.24, 2.45) is 11.7 Å². The molecule has 1 amide bonds. The number of hydrogen-bond donors (Lipinski definition) is 1. The van der Waals surface area contributed by atoms with Gasteiger partial charge in [0.2, 0.25) is 5.91 Å². The second-order valence-electron chi connectivity index (χ2n) is 6.25. The number of likely N-dealkylation sites (N-methyl/N-ethyl adjacent to an activating group) is 1. The van der Waals surface area contributed by atoms with Crippen molar-refractivity contribution in [1.29, 1.82) is 0 Å². The van der Waals surface area contributed by atoms with Gasteiger partial charge >= 0.3 is 0 Å². The van der Waals surface area contributed by atoms with E-state index in [0.717, 1.165) is 25.6 Å². The molecule has 0 aromatic carbocycles. The van der Waals surface area contributed by atoms with Crippen LogP contribution in [0.4, 0.5) is 0 Å². The Morgan fingerprint density at radius 1 is 1.28 bits per heavy atom. The number of nitrogens with two attached hydrogens (primary N) is 1. The van der Waals surface area contributed by atoms with Gasteiger partial charge in [0.25, 0.3) is 0 Å². The van der Waals surface area contributed by atoms with Crippen LogP contribution in [0.2, 0.25) is 0 Å². The fraction of sp³-hybridized carbons (Fsp3) is 0.929. The monoisotopic (exact) mass is 253 g/mol. The number of rotatable bonds is 4. The molecule has 1 saturated carbocycles. The highest BCUT2D eigenvalue weighted by Crippen LogP contribution is 2.29. The van der Waals surface area contributed by atoms with E-state index in [-0.39, 0.29) is 17.9 Å². The number of amides is 1. The smallest absolute Gasteiger partial charge is 0.239 e. The Hall–Kier alpha value is -0.610. The molecule has 104 valence electrons. The Kier molecular flexibility index (Phi) is 4.28. The summed E-state index contributed by atoms with van der Waals surface area (Å²) >= 11 is 0. The average Bonchev–Trinajstić information content (AvgIpc) is 3.20. The molecule has 0 bridgehead atoms. The Morgan fingerprint density at radius 3 is 2.50 bits per heavy atom. The van der Waals surface area contributed by atoms with Gasteiger partial charge in [-0.15, -0.1) is 0 Å². The molecule has 2 fully saturated rings. The lowest BCUT2D eigenvalue weighted by Crippen LogP contribution is -2.54. The maximum absolute atomic E-state index is 12.3. The van der Waals surface area contributed by atoms with E-state index in [9.17, 15) is 4.79 Å². The highest BCUT2D eigenvalue weighted by atomic mass is 16.2. The zero-order valence-corrected chi connectivity index (χ0v) is 11.9. The Bertz CT molecular complexity index is 301. The molecule has 2 atom stereocenters. The Morgan fingerprint density at radius 2 is 1.94 bits per heavy atom. The van der Waals surface area contributed by atoms with E-state index in [4.69, 9.17) is 5.73 Å². The average molecular weight is 253 g/mol. The van der Waals surface area contributed by atoms with E-state index in [2.05, 4.69) is 11.9 Å². The summed E-state index contributed by atoms with van der Waals surface area (Å²) in [4.78, 5) is 16.7. The summed E-state index contributed by atoms with van der Waals surface area (Å²) in [5, 5.41) is 0. The minimum atomic E-state index is -0.338. The fourth-order valence-electron chi connectivity index (χ4n) is 2.76. The molecule has 1 saturated heterocycles. The van der Waals surface area contributed by atoms with Crippen molar-refractivity contribution in [2.75, 3.05) is 20.1 Å². The van der Waals surface area contributed by atoms with Gasteiger partial charge in [-0.3, -0.25) is 9.69 Å². The number of carbonyl (C=O) groups excluding carboxylic acids is 1. The van der Waals surface area contributed by atoms with Crippen LogP contribution in [0.3, 0.4) is 0 Å². The van der Waals surface area contributed by atoms with Crippen LogP contribution in [0.1, 0.15) is 39.5 Å². The lowest BCUT2D eigenvalue weighted by Gasteiger charge is -2.39. The molecule has 2 rings (SSSR count). The summed E-state index contributed by atoms with van der Waals surface area (Å²) in [5.41, 5.74) is 5.98. The molecule has 1 aliphatic carbocycles. The van der Waals surface area contributed by atoms with Crippen molar-refractivity contribution in [3.05, 3.63) is 0 Å². The van der Waals surface area contributed by atoms with Crippen LogP contribution in [0.15, 0.2) is 0 Å². The molecule has 0 spiro atoms. The third kappa shape index (κ3) is 3.04. The van der Waals surface area contributed by atoms with Crippen molar-refractivity contribution in [3.8, 4) is 0 Å². The molecular formula is C14H27N3O. The summed E-state index contributed by atoms with van der Waals surface area (Å²) in [7, 11) is 2.21. The largest absolute Gasteiger partial charge is 0.340 e. The first-order valence-electron chi connectivity index (χ1n) is 7.27. The number of likely N-dealkylation sites (tertiary alicyclic amines) is 1. The summed E-state index contributed by atoms with van der Waals surface area (Å²) in [6.45, 7) is 5.78. The van der Waals surface area contributed by atoms with Gasteiger partial charge in [0.05, 0.1) is 6.04 Å². The quantitative estimate of drug-likeness (QED) is 0.815. The number of nitrogens with zero attached hydrogens (tertiary/aromatic N) is 2. The predicted octanol–water partition coefficient (Wildman–Crippen LogP) is 1.05. The van der Waals surface area contributed by atoms with Crippen LogP contribution in [0.5, 0.6) is 0 Å². The third-order valence-electron chi connectivity index (χ3n) is 4.41. The summed E-state index contributed by atoms with van der Waals surface area (Å²) in [6, 6.07) is 0.966. The molecule has 0 aromatic heterocycles. The van der Waals surface area contributed by atoms with E-state index in [1.807, 2.05) is 18.7 Å². The van der Waals surface area contributed by atoms with Gasteiger partial charge in [0.1, 0.15) is 0 Å². The van der Waals surface area contributed by atoms with Gasteiger partial charge in [-0.1, -0.05) is 13.8 Å².